The Morgan fingerprint density at radius 3 is 2.55 bits per heavy atom. The standard InChI is InChI=1S/C14H17F2NO3/c1-3-7-14(2,13(19)20)17-12(18)10-6-4-5-9(8-10)11(15)16/h4-6,8,11H,3,7H2,1-2H3,(H,17,18)(H,19,20). The predicted molar refractivity (Wildman–Crippen MR) is 69.8 cm³/mol. The molecule has 0 bridgehead atoms. The Kier molecular flexibility index (Phi) is 5.19. The summed E-state index contributed by atoms with van der Waals surface area (Å²) >= 11 is 0. The number of alkyl halides is 2. The third-order valence-corrected chi connectivity index (χ3v) is 3.01. The number of hydrogen-bond donors (Lipinski definition) is 2. The van der Waals surface area contributed by atoms with E-state index >= 15 is 0 Å². The molecule has 0 aliphatic rings. The van der Waals surface area contributed by atoms with Gasteiger partial charge in [0.25, 0.3) is 12.3 Å². The number of amides is 1. The number of carboxylic acid groups (broad SMARTS) is 1. The summed E-state index contributed by atoms with van der Waals surface area (Å²) in [5.41, 5.74) is -1.66. The lowest BCUT2D eigenvalue weighted by molar-refractivity contribution is -0.144. The minimum absolute atomic E-state index is 0.0198. The van der Waals surface area contributed by atoms with Gasteiger partial charge in [-0.15, -0.1) is 0 Å². The van der Waals surface area contributed by atoms with Crippen LogP contribution in [0.25, 0.3) is 0 Å². The van der Waals surface area contributed by atoms with Crippen LogP contribution in [0.15, 0.2) is 24.3 Å². The number of halogens is 2. The molecule has 2 N–H and O–H groups in total. The van der Waals surface area contributed by atoms with E-state index in [2.05, 4.69) is 5.32 Å². The summed E-state index contributed by atoms with van der Waals surface area (Å²) in [5, 5.41) is 11.6. The second-order valence-electron chi connectivity index (χ2n) is 4.77. The van der Waals surface area contributed by atoms with Crippen molar-refractivity contribution >= 4 is 11.9 Å². The van der Waals surface area contributed by atoms with E-state index in [9.17, 15) is 18.4 Å². The molecule has 0 aliphatic heterocycles. The van der Waals surface area contributed by atoms with Gasteiger partial charge in [-0.3, -0.25) is 4.79 Å². The molecule has 20 heavy (non-hydrogen) atoms. The topological polar surface area (TPSA) is 66.4 Å². The molecule has 0 spiro atoms. The molecule has 0 fully saturated rings. The minimum Gasteiger partial charge on any atom is -0.480 e. The average molecular weight is 285 g/mol. The van der Waals surface area contributed by atoms with Crippen molar-refractivity contribution in [3.63, 3.8) is 0 Å². The predicted octanol–water partition coefficient (Wildman–Crippen LogP) is 3.00. The number of carbonyl (C=O) groups excluding carboxylic acids is 1. The van der Waals surface area contributed by atoms with E-state index < -0.39 is 23.8 Å². The van der Waals surface area contributed by atoms with Crippen LogP contribution in [0, 0.1) is 0 Å². The van der Waals surface area contributed by atoms with Crippen LogP contribution in [-0.4, -0.2) is 22.5 Å². The van der Waals surface area contributed by atoms with Gasteiger partial charge in [0, 0.05) is 11.1 Å². The van der Waals surface area contributed by atoms with Gasteiger partial charge in [0.15, 0.2) is 0 Å². The van der Waals surface area contributed by atoms with Crippen LogP contribution in [0.1, 0.15) is 49.0 Å². The van der Waals surface area contributed by atoms with Crippen molar-refractivity contribution in [1.82, 2.24) is 5.32 Å². The molecule has 110 valence electrons. The highest BCUT2D eigenvalue weighted by Gasteiger charge is 2.34. The maximum Gasteiger partial charge on any atom is 0.329 e. The van der Waals surface area contributed by atoms with E-state index in [1.165, 1.54) is 25.1 Å². The van der Waals surface area contributed by atoms with Crippen LogP contribution in [0.3, 0.4) is 0 Å². The first kappa shape index (κ1) is 16.1. The maximum absolute atomic E-state index is 12.6. The fourth-order valence-electron chi connectivity index (χ4n) is 1.86. The number of benzene rings is 1. The van der Waals surface area contributed by atoms with Gasteiger partial charge >= 0.3 is 5.97 Å². The quantitative estimate of drug-likeness (QED) is 0.844. The molecule has 0 aromatic heterocycles. The molecule has 0 aliphatic carbocycles. The fourth-order valence-corrected chi connectivity index (χ4v) is 1.86. The molecule has 4 nitrogen and oxygen atoms in total. The van der Waals surface area contributed by atoms with Crippen molar-refractivity contribution in [3.8, 4) is 0 Å². The van der Waals surface area contributed by atoms with Gasteiger partial charge in [0.1, 0.15) is 5.54 Å². The Balaban J connectivity index is 2.95. The van der Waals surface area contributed by atoms with Gasteiger partial charge in [0.05, 0.1) is 0 Å². The van der Waals surface area contributed by atoms with Crippen molar-refractivity contribution < 1.29 is 23.5 Å². The molecule has 0 radical (unpaired) electrons. The Labute approximate surface area is 115 Å². The van der Waals surface area contributed by atoms with E-state index in [1.54, 1.807) is 6.92 Å². The summed E-state index contributed by atoms with van der Waals surface area (Å²) in [6.45, 7) is 3.19. The smallest absolute Gasteiger partial charge is 0.329 e. The molecule has 1 amide bonds. The first-order valence-corrected chi connectivity index (χ1v) is 6.24. The van der Waals surface area contributed by atoms with Crippen LogP contribution in [-0.2, 0) is 4.79 Å². The second kappa shape index (κ2) is 6.45. The Hall–Kier alpha value is -1.98. The van der Waals surface area contributed by atoms with Crippen LogP contribution >= 0.6 is 0 Å². The lowest BCUT2D eigenvalue weighted by Crippen LogP contribution is -2.52. The van der Waals surface area contributed by atoms with E-state index in [0.717, 1.165) is 6.07 Å². The number of carboxylic acids is 1. The minimum atomic E-state index is -2.68. The van der Waals surface area contributed by atoms with Gasteiger partial charge < -0.3 is 10.4 Å². The van der Waals surface area contributed by atoms with Crippen LogP contribution in [0.4, 0.5) is 8.78 Å². The Bertz CT molecular complexity index is 505. The maximum atomic E-state index is 12.6. The molecule has 1 aromatic carbocycles. The number of carbonyl (C=O) groups is 2. The normalized spacial score (nSPS) is 13.8. The molecule has 1 unspecified atom stereocenters. The Morgan fingerprint density at radius 1 is 1.40 bits per heavy atom. The summed E-state index contributed by atoms with van der Waals surface area (Å²) < 4.78 is 25.1. The summed E-state index contributed by atoms with van der Waals surface area (Å²) in [6, 6.07) is 4.99. The summed E-state index contributed by atoms with van der Waals surface area (Å²) in [6.07, 6.45) is -1.85. The van der Waals surface area contributed by atoms with Crippen LogP contribution < -0.4 is 5.32 Å². The molecule has 6 heteroatoms. The first-order valence-electron chi connectivity index (χ1n) is 6.24. The van der Waals surface area contributed by atoms with E-state index in [-0.39, 0.29) is 17.5 Å². The molecule has 0 saturated heterocycles. The molecule has 1 rings (SSSR count). The van der Waals surface area contributed by atoms with Crippen molar-refractivity contribution in [3.05, 3.63) is 35.4 Å². The highest BCUT2D eigenvalue weighted by atomic mass is 19.3. The SMILES string of the molecule is CCCC(C)(NC(=O)c1cccc(C(F)F)c1)C(=O)O. The molecular weight excluding hydrogens is 268 g/mol. The van der Waals surface area contributed by atoms with Crippen molar-refractivity contribution in [2.45, 2.75) is 38.7 Å². The van der Waals surface area contributed by atoms with Gasteiger partial charge in [0.2, 0.25) is 0 Å². The van der Waals surface area contributed by atoms with Crippen LogP contribution in [0.5, 0.6) is 0 Å². The summed E-state index contributed by atoms with van der Waals surface area (Å²) in [5.74, 6) is -1.83. The highest BCUT2D eigenvalue weighted by molar-refractivity contribution is 5.97. The van der Waals surface area contributed by atoms with Crippen molar-refractivity contribution in [2.75, 3.05) is 0 Å². The van der Waals surface area contributed by atoms with Gasteiger partial charge in [-0.2, -0.15) is 0 Å². The lowest BCUT2D eigenvalue weighted by Gasteiger charge is -2.25. The molecule has 0 saturated carbocycles. The fraction of sp³-hybridized carbons (Fsp3) is 0.429. The Morgan fingerprint density at radius 2 is 2.05 bits per heavy atom. The highest BCUT2D eigenvalue weighted by Crippen LogP contribution is 2.20. The monoisotopic (exact) mass is 285 g/mol. The zero-order valence-corrected chi connectivity index (χ0v) is 11.3. The zero-order chi connectivity index (χ0) is 15.3. The lowest BCUT2D eigenvalue weighted by atomic mass is 9.95. The molecule has 1 aromatic rings. The zero-order valence-electron chi connectivity index (χ0n) is 11.3. The van der Waals surface area contributed by atoms with Gasteiger partial charge in [-0.25, -0.2) is 13.6 Å². The van der Waals surface area contributed by atoms with Crippen LogP contribution in [0.2, 0.25) is 0 Å². The number of aliphatic carboxylic acids is 1. The average Bonchev–Trinajstić information content (AvgIpc) is 2.38. The third kappa shape index (κ3) is 3.76. The van der Waals surface area contributed by atoms with E-state index in [1.807, 2.05) is 0 Å². The molecule has 0 heterocycles. The van der Waals surface area contributed by atoms with Gasteiger partial charge in [-0.1, -0.05) is 25.5 Å². The second-order valence-corrected chi connectivity index (χ2v) is 4.77. The molecule has 1 atom stereocenters. The third-order valence-electron chi connectivity index (χ3n) is 3.01. The summed E-state index contributed by atoms with van der Waals surface area (Å²) in [7, 11) is 0. The van der Waals surface area contributed by atoms with Crippen molar-refractivity contribution in [2.24, 2.45) is 0 Å². The number of rotatable bonds is 6. The van der Waals surface area contributed by atoms with E-state index in [4.69, 9.17) is 5.11 Å². The van der Waals surface area contributed by atoms with Gasteiger partial charge in [-0.05, 0) is 25.5 Å². The number of nitrogens with one attached hydrogen (secondary N) is 1. The van der Waals surface area contributed by atoms with E-state index in [0.29, 0.717) is 6.42 Å². The van der Waals surface area contributed by atoms with Crippen molar-refractivity contribution in [1.29, 1.82) is 0 Å². The first-order chi connectivity index (χ1) is 9.30. The molecular formula is C14H17F2NO3. The number of hydrogen-bond acceptors (Lipinski definition) is 2. The summed E-state index contributed by atoms with van der Waals surface area (Å²) in [4.78, 5) is 23.2. The largest absolute Gasteiger partial charge is 0.480 e.